The fraction of sp³-hybridized carbons (Fsp3) is 0.250. The van der Waals surface area contributed by atoms with Gasteiger partial charge in [0.15, 0.2) is 0 Å². The molecule has 1 aromatic heterocycles. The second kappa shape index (κ2) is 7.77. The number of pyridine rings is 1. The van der Waals surface area contributed by atoms with Crippen LogP contribution in [0.1, 0.15) is 12.5 Å². The summed E-state index contributed by atoms with van der Waals surface area (Å²) in [7, 11) is 0. The van der Waals surface area contributed by atoms with E-state index < -0.39 is 5.54 Å². The minimum absolute atomic E-state index is 0.271. The summed E-state index contributed by atoms with van der Waals surface area (Å²) in [5.74, 6) is 0.180. The number of hydrogen-bond donors (Lipinski definition) is 2. The Hall–Kier alpha value is -1.63. The van der Waals surface area contributed by atoms with Crippen molar-refractivity contribution >= 4 is 33.4 Å². The third kappa shape index (κ3) is 4.92. The predicted octanol–water partition coefficient (Wildman–Crippen LogP) is 2.87. The minimum atomic E-state index is -1.11. The lowest BCUT2D eigenvalue weighted by atomic mass is 9.92. The summed E-state index contributed by atoms with van der Waals surface area (Å²) in [6.07, 6.45) is 1.50. The van der Waals surface area contributed by atoms with Crippen molar-refractivity contribution in [2.75, 3.05) is 13.2 Å². The van der Waals surface area contributed by atoms with E-state index in [0.29, 0.717) is 17.4 Å². The summed E-state index contributed by atoms with van der Waals surface area (Å²) >= 11 is 9.10. The van der Waals surface area contributed by atoms with Crippen LogP contribution in [0, 0.1) is 0 Å². The highest BCUT2D eigenvalue weighted by Gasteiger charge is 2.30. The van der Waals surface area contributed by atoms with Gasteiger partial charge in [-0.3, -0.25) is 4.79 Å². The molecule has 23 heavy (non-hydrogen) atoms. The lowest BCUT2D eigenvalue weighted by molar-refractivity contribution is -0.126. The molecule has 0 radical (unpaired) electrons. The van der Waals surface area contributed by atoms with E-state index in [4.69, 9.17) is 22.1 Å². The van der Waals surface area contributed by atoms with E-state index in [9.17, 15) is 4.79 Å². The molecule has 1 amide bonds. The molecular weight excluding hydrogens is 382 g/mol. The number of carbonyl (C=O) groups excluding carboxylic acids is 1. The molecule has 0 aliphatic rings. The Morgan fingerprint density at radius 1 is 1.35 bits per heavy atom. The number of ether oxygens (including phenoxy) is 1. The molecule has 122 valence electrons. The van der Waals surface area contributed by atoms with Crippen LogP contribution in [0.3, 0.4) is 0 Å². The van der Waals surface area contributed by atoms with Gasteiger partial charge in [0.25, 0.3) is 0 Å². The molecule has 1 heterocycles. The normalized spacial score (nSPS) is 13.2. The maximum atomic E-state index is 12.3. The van der Waals surface area contributed by atoms with Crippen molar-refractivity contribution in [2.24, 2.45) is 5.73 Å². The Kier molecular flexibility index (Phi) is 5.98. The van der Waals surface area contributed by atoms with E-state index in [1.54, 1.807) is 19.1 Å². The largest absolute Gasteiger partial charge is 0.476 e. The molecule has 5 nitrogen and oxygen atoms in total. The number of rotatable bonds is 6. The summed E-state index contributed by atoms with van der Waals surface area (Å²) in [4.78, 5) is 16.3. The molecule has 0 fully saturated rings. The highest BCUT2D eigenvalue weighted by atomic mass is 79.9. The fourth-order valence-electron chi connectivity index (χ4n) is 1.88. The van der Waals surface area contributed by atoms with Crippen molar-refractivity contribution < 1.29 is 9.53 Å². The number of aromatic nitrogens is 1. The molecule has 3 N–H and O–H groups in total. The topological polar surface area (TPSA) is 77.2 Å². The maximum Gasteiger partial charge on any atom is 0.244 e. The Morgan fingerprint density at radius 3 is 2.65 bits per heavy atom. The summed E-state index contributed by atoms with van der Waals surface area (Å²) in [5, 5.41) is 3.30. The number of nitrogens with zero attached hydrogens (tertiary/aromatic N) is 1. The van der Waals surface area contributed by atoms with Gasteiger partial charge in [-0.05, 0) is 30.7 Å². The van der Waals surface area contributed by atoms with Crippen LogP contribution in [0.4, 0.5) is 0 Å². The predicted molar refractivity (Wildman–Crippen MR) is 93.4 cm³/mol. The number of halogens is 2. The van der Waals surface area contributed by atoms with E-state index in [2.05, 4.69) is 26.2 Å². The fourth-order valence-corrected chi connectivity index (χ4v) is 2.25. The number of amides is 1. The van der Waals surface area contributed by atoms with Crippen LogP contribution in [0.25, 0.3) is 0 Å². The molecule has 7 heteroatoms. The lowest BCUT2D eigenvalue weighted by Crippen LogP contribution is -2.49. The maximum absolute atomic E-state index is 12.3. The highest BCUT2D eigenvalue weighted by Crippen LogP contribution is 2.20. The van der Waals surface area contributed by atoms with Gasteiger partial charge in [0.2, 0.25) is 11.8 Å². The highest BCUT2D eigenvalue weighted by molar-refractivity contribution is 9.10. The third-order valence-corrected chi connectivity index (χ3v) is 4.01. The van der Waals surface area contributed by atoms with Crippen LogP contribution in [0.2, 0.25) is 5.02 Å². The number of nitrogens with one attached hydrogen (secondary N) is 1. The van der Waals surface area contributed by atoms with Crippen LogP contribution >= 0.6 is 27.5 Å². The van der Waals surface area contributed by atoms with Crippen molar-refractivity contribution in [1.29, 1.82) is 0 Å². The average molecular weight is 399 g/mol. The first-order valence-electron chi connectivity index (χ1n) is 6.97. The molecule has 0 saturated carbocycles. The van der Waals surface area contributed by atoms with Crippen LogP contribution in [-0.4, -0.2) is 24.0 Å². The van der Waals surface area contributed by atoms with E-state index in [1.165, 1.54) is 6.20 Å². The van der Waals surface area contributed by atoms with Crippen molar-refractivity contribution in [3.05, 3.63) is 57.7 Å². The number of carbonyl (C=O) groups is 1. The van der Waals surface area contributed by atoms with Gasteiger partial charge in [-0.25, -0.2) is 4.98 Å². The third-order valence-electron chi connectivity index (χ3n) is 3.25. The Labute approximate surface area is 148 Å². The van der Waals surface area contributed by atoms with Crippen LogP contribution in [0.15, 0.2) is 47.1 Å². The first-order valence-corrected chi connectivity index (χ1v) is 8.14. The lowest BCUT2D eigenvalue weighted by Gasteiger charge is -2.24. The Bertz CT molecular complexity index is 660. The molecule has 2 rings (SSSR count). The molecule has 0 bridgehead atoms. The summed E-state index contributed by atoms with van der Waals surface area (Å²) in [6.45, 7) is 2.29. The van der Waals surface area contributed by atoms with Gasteiger partial charge < -0.3 is 15.8 Å². The molecule has 0 aliphatic heterocycles. The van der Waals surface area contributed by atoms with Crippen molar-refractivity contribution in [3.8, 4) is 5.88 Å². The monoisotopic (exact) mass is 397 g/mol. The second-order valence-electron chi connectivity index (χ2n) is 5.13. The number of hydrogen-bond acceptors (Lipinski definition) is 4. The van der Waals surface area contributed by atoms with Crippen LogP contribution in [-0.2, 0) is 10.3 Å². The first kappa shape index (κ1) is 17.7. The van der Waals surface area contributed by atoms with Crippen LogP contribution in [0.5, 0.6) is 5.88 Å². The van der Waals surface area contributed by atoms with E-state index in [0.717, 1.165) is 10.0 Å². The molecule has 0 saturated heterocycles. The summed E-state index contributed by atoms with van der Waals surface area (Å²) in [5.41, 5.74) is 5.77. The zero-order valence-corrected chi connectivity index (χ0v) is 14.9. The molecule has 0 spiro atoms. The van der Waals surface area contributed by atoms with E-state index in [-0.39, 0.29) is 12.5 Å². The van der Waals surface area contributed by atoms with E-state index in [1.807, 2.05) is 24.3 Å². The molecule has 1 unspecified atom stereocenters. The van der Waals surface area contributed by atoms with Crippen molar-refractivity contribution in [3.63, 3.8) is 0 Å². The van der Waals surface area contributed by atoms with Crippen molar-refractivity contribution in [1.82, 2.24) is 10.3 Å². The standard InChI is InChI=1S/C16H17BrClN3O2/c1-16(19,11-2-4-12(17)5-3-11)15(22)20-8-9-23-14-7-6-13(18)10-21-14/h2-7,10H,8-9,19H2,1H3,(H,20,22). The SMILES string of the molecule is CC(N)(C(=O)NCCOc1ccc(Cl)cn1)c1ccc(Br)cc1. The van der Waals surface area contributed by atoms with Gasteiger partial charge in [0.1, 0.15) is 12.1 Å². The second-order valence-corrected chi connectivity index (χ2v) is 6.48. The van der Waals surface area contributed by atoms with Crippen LogP contribution < -0.4 is 15.8 Å². The van der Waals surface area contributed by atoms with Gasteiger partial charge in [-0.15, -0.1) is 0 Å². The van der Waals surface area contributed by atoms with Crippen molar-refractivity contribution in [2.45, 2.75) is 12.5 Å². The molecular formula is C16H17BrClN3O2. The summed E-state index contributed by atoms with van der Waals surface area (Å²) in [6, 6.07) is 10.7. The molecule has 1 aromatic carbocycles. The van der Waals surface area contributed by atoms with Gasteiger partial charge in [0, 0.05) is 16.7 Å². The van der Waals surface area contributed by atoms with Gasteiger partial charge >= 0.3 is 0 Å². The zero-order valence-electron chi connectivity index (χ0n) is 12.6. The quantitative estimate of drug-likeness (QED) is 0.734. The molecule has 1 atom stereocenters. The number of benzene rings is 1. The Morgan fingerprint density at radius 2 is 2.04 bits per heavy atom. The first-order chi connectivity index (χ1) is 10.9. The van der Waals surface area contributed by atoms with E-state index >= 15 is 0 Å². The molecule has 0 aliphatic carbocycles. The zero-order chi connectivity index (χ0) is 16.9. The van der Waals surface area contributed by atoms with Gasteiger partial charge in [0.05, 0.1) is 11.6 Å². The van der Waals surface area contributed by atoms with Gasteiger partial charge in [-0.2, -0.15) is 0 Å². The minimum Gasteiger partial charge on any atom is -0.476 e. The average Bonchev–Trinajstić information content (AvgIpc) is 2.53. The Balaban J connectivity index is 1.83. The molecule has 2 aromatic rings. The van der Waals surface area contributed by atoms with Gasteiger partial charge in [-0.1, -0.05) is 39.7 Å². The summed E-state index contributed by atoms with van der Waals surface area (Å²) < 4.78 is 6.35. The smallest absolute Gasteiger partial charge is 0.244 e. The number of nitrogens with two attached hydrogens (primary N) is 1.